The topological polar surface area (TPSA) is 75.0 Å². The van der Waals surface area contributed by atoms with Crippen molar-refractivity contribution in [2.75, 3.05) is 14.2 Å². The fourth-order valence-electron chi connectivity index (χ4n) is 3.90. The van der Waals surface area contributed by atoms with Gasteiger partial charge in [-0.2, -0.15) is 0 Å². The van der Waals surface area contributed by atoms with Crippen LogP contribution in [0.4, 0.5) is 0 Å². The van der Waals surface area contributed by atoms with Crippen molar-refractivity contribution in [2.24, 2.45) is 0 Å². The van der Waals surface area contributed by atoms with Crippen molar-refractivity contribution in [2.45, 2.75) is 32.1 Å². The fraction of sp³-hybridized carbons (Fsp3) is 0.304. The minimum absolute atomic E-state index is 0.176. The maximum Gasteiger partial charge on any atom is 0.339 e. The Kier molecular flexibility index (Phi) is 5.25. The summed E-state index contributed by atoms with van der Waals surface area (Å²) in [6.45, 7) is 0. The van der Waals surface area contributed by atoms with E-state index in [1.54, 1.807) is 32.4 Å². The van der Waals surface area contributed by atoms with Crippen LogP contribution in [-0.4, -0.2) is 20.2 Å². The van der Waals surface area contributed by atoms with Crippen molar-refractivity contribution < 1.29 is 23.4 Å². The molecule has 3 aromatic rings. The third kappa shape index (κ3) is 3.70. The lowest BCUT2D eigenvalue weighted by molar-refractivity contribution is -0.134. The highest BCUT2D eigenvalue weighted by molar-refractivity contribution is 5.84. The van der Waals surface area contributed by atoms with Crippen LogP contribution in [-0.2, 0) is 24.1 Å². The molecule has 0 amide bonds. The molecule has 0 saturated heterocycles. The first-order valence-electron chi connectivity index (χ1n) is 9.60. The summed E-state index contributed by atoms with van der Waals surface area (Å²) in [5.74, 6) is 1.22. The number of methoxy groups -OCH3 is 2. The second-order valence-electron chi connectivity index (χ2n) is 6.98. The molecule has 6 heteroatoms. The Hall–Kier alpha value is -3.28. The number of carbonyl (C=O) groups is 1. The van der Waals surface area contributed by atoms with E-state index >= 15 is 0 Å². The van der Waals surface area contributed by atoms with E-state index in [-0.39, 0.29) is 18.0 Å². The molecule has 1 aromatic heterocycles. The highest BCUT2D eigenvalue weighted by Crippen LogP contribution is 2.32. The summed E-state index contributed by atoms with van der Waals surface area (Å²) in [4.78, 5) is 24.5. The molecule has 1 heterocycles. The summed E-state index contributed by atoms with van der Waals surface area (Å²) in [5.41, 5.74) is 2.85. The molecule has 4 rings (SSSR count). The summed E-state index contributed by atoms with van der Waals surface area (Å²) < 4.78 is 21.6. The van der Waals surface area contributed by atoms with Crippen molar-refractivity contribution in [1.29, 1.82) is 0 Å². The van der Waals surface area contributed by atoms with Gasteiger partial charge in [0.15, 0.2) is 11.5 Å². The number of fused-ring (bicyclic) bond motifs is 3. The van der Waals surface area contributed by atoms with Crippen LogP contribution >= 0.6 is 0 Å². The molecule has 0 N–H and O–H groups in total. The van der Waals surface area contributed by atoms with E-state index in [2.05, 4.69) is 0 Å². The van der Waals surface area contributed by atoms with Crippen molar-refractivity contribution >= 4 is 16.9 Å². The Labute approximate surface area is 168 Å². The summed E-state index contributed by atoms with van der Waals surface area (Å²) in [6.07, 6.45) is 3.23. The lowest BCUT2D eigenvalue weighted by Crippen LogP contribution is -2.10. The first-order valence-corrected chi connectivity index (χ1v) is 9.60. The molecule has 0 radical (unpaired) electrons. The van der Waals surface area contributed by atoms with Crippen molar-refractivity contribution in [3.63, 3.8) is 0 Å². The molecule has 0 fully saturated rings. The Balaban J connectivity index is 1.49. The Bertz CT molecular complexity index is 1130. The smallest absolute Gasteiger partial charge is 0.339 e. The van der Waals surface area contributed by atoms with E-state index in [0.717, 1.165) is 41.3 Å². The van der Waals surface area contributed by atoms with Gasteiger partial charge >= 0.3 is 11.6 Å². The maximum absolute atomic E-state index is 12.3. The number of ether oxygens (including phenoxy) is 3. The predicted molar refractivity (Wildman–Crippen MR) is 108 cm³/mol. The normalized spacial score (nSPS) is 12.6. The average molecular weight is 394 g/mol. The number of hydrogen-bond donors (Lipinski definition) is 0. The number of esters is 1. The molecule has 2 aromatic carbocycles. The number of hydrogen-bond acceptors (Lipinski definition) is 6. The maximum atomic E-state index is 12.3. The van der Waals surface area contributed by atoms with Gasteiger partial charge in [0.05, 0.1) is 20.6 Å². The van der Waals surface area contributed by atoms with Gasteiger partial charge < -0.3 is 18.6 Å². The van der Waals surface area contributed by atoms with Gasteiger partial charge in [0.1, 0.15) is 11.3 Å². The quantitative estimate of drug-likeness (QED) is 0.359. The lowest BCUT2D eigenvalue weighted by Gasteiger charge is -2.12. The second kappa shape index (κ2) is 7.99. The third-order valence-corrected chi connectivity index (χ3v) is 5.26. The molecule has 0 aliphatic heterocycles. The van der Waals surface area contributed by atoms with E-state index in [1.807, 2.05) is 18.2 Å². The molecule has 0 atom stereocenters. The van der Waals surface area contributed by atoms with Crippen molar-refractivity contribution in [3.8, 4) is 17.2 Å². The molecule has 29 heavy (non-hydrogen) atoms. The van der Waals surface area contributed by atoms with Gasteiger partial charge in [-0.1, -0.05) is 12.1 Å². The zero-order valence-corrected chi connectivity index (χ0v) is 16.4. The van der Waals surface area contributed by atoms with Crippen LogP contribution in [0.1, 0.15) is 29.5 Å². The number of benzene rings is 2. The first kappa shape index (κ1) is 19.1. The summed E-state index contributed by atoms with van der Waals surface area (Å²) in [5, 5.41) is 0.915. The van der Waals surface area contributed by atoms with E-state index in [0.29, 0.717) is 29.3 Å². The van der Waals surface area contributed by atoms with Gasteiger partial charge in [0, 0.05) is 17.0 Å². The largest absolute Gasteiger partial charge is 0.493 e. The van der Waals surface area contributed by atoms with Crippen LogP contribution in [0.3, 0.4) is 0 Å². The zero-order valence-electron chi connectivity index (χ0n) is 16.4. The molecule has 1 aliphatic carbocycles. The molecular formula is C23H22O6. The number of aryl methyl sites for hydroxylation is 2. The Morgan fingerprint density at radius 2 is 1.90 bits per heavy atom. The van der Waals surface area contributed by atoms with Gasteiger partial charge in [-0.25, -0.2) is 4.79 Å². The Morgan fingerprint density at radius 3 is 2.69 bits per heavy atom. The van der Waals surface area contributed by atoms with Crippen LogP contribution < -0.4 is 19.8 Å². The highest BCUT2D eigenvalue weighted by atomic mass is 16.5. The summed E-state index contributed by atoms with van der Waals surface area (Å²) in [6, 6.07) is 10.8. The second-order valence-corrected chi connectivity index (χ2v) is 6.98. The van der Waals surface area contributed by atoms with Gasteiger partial charge in [-0.15, -0.1) is 0 Å². The molecule has 0 unspecified atom stereocenters. The van der Waals surface area contributed by atoms with E-state index in [1.165, 1.54) is 0 Å². The minimum Gasteiger partial charge on any atom is -0.493 e. The highest BCUT2D eigenvalue weighted by Gasteiger charge is 2.20. The fourth-order valence-corrected chi connectivity index (χ4v) is 3.90. The van der Waals surface area contributed by atoms with E-state index in [9.17, 15) is 9.59 Å². The van der Waals surface area contributed by atoms with E-state index < -0.39 is 0 Å². The number of carbonyl (C=O) groups excluding carboxylic acids is 1. The molecule has 1 aliphatic rings. The molecular weight excluding hydrogens is 372 g/mol. The molecule has 6 nitrogen and oxygen atoms in total. The van der Waals surface area contributed by atoms with Crippen molar-refractivity contribution in [3.05, 3.63) is 63.5 Å². The van der Waals surface area contributed by atoms with E-state index in [4.69, 9.17) is 18.6 Å². The first-order chi connectivity index (χ1) is 14.1. The van der Waals surface area contributed by atoms with Crippen LogP contribution in [0.2, 0.25) is 0 Å². The number of para-hydroxylation sites is 1. The number of rotatable bonds is 6. The van der Waals surface area contributed by atoms with Crippen LogP contribution in [0.5, 0.6) is 17.2 Å². The molecule has 150 valence electrons. The summed E-state index contributed by atoms with van der Waals surface area (Å²) in [7, 11) is 3.14. The van der Waals surface area contributed by atoms with Gasteiger partial charge in [0.2, 0.25) is 0 Å². The van der Waals surface area contributed by atoms with Crippen LogP contribution in [0.25, 0.3) is 11.0 Å². The predicted octanol–water partition coefficient (Wildman–Crippen LogP) is 3.84. The Morgan fingerprint density at radius 1 is 1.07 bits per heavy atom. The zero-order chi connectivity index (χ0) is 20.4. The average Bonchev–Trinajstić information content (AvgIpc) is 3.22. The summed E-state index contributed by atoms with van der Waals surface area (Å²) >= 11 is 0. The van der Waals surface area contributed by atoms with Crippen LogP contribution in [0, 0.1) is 0 Å². The third-order valence-electron chi connectivity index (χ3n) is 5.26. The minimum atomic E-state index is -0.377. The van der Waals surface area contributed by atoms with Crippen LogP contribution in [0.15, 0.2) is 45.6 Å². The molecule has 0 spiro atoms. The van der Waals surface area contributed by atoms with Crippen molar-refractivity contribution in [1.82, 2.24) is 0 Å². The SMILES string of the molecule is COc1cccc(CCC(=O)Oc2ccc3c4c(c(=O)oc3c2)CCC4)c1OC. The lowest BCUT2D eigenvalue weighted by atomic mass is 10.1. The molecule has 0 bridgehead atoms. The molecule has 0 saturated carbocycles. The monoisotopic (exact) mass is 394 g/mol. The van der Waals surface area contributed by atoms with Gasteiger partial charge in [0.25, 0.3) is 0 Å². The van der Waals surface area contributed by atoms with Gasteiger partial charge in [-0.3, -0.25) is 4.79 Å². The standard InChI is InChI=1S/C23H22O6/c1-26-19-8-3-5-14(22(19)27-2)9-12-21(24)28-15-10-11-17-16-6-4-7-18(16)23(25)29-20(17)13-15/h3,5,8,10-11,13H,4,6-7,9,12H2,1-2H3. The van der Waals surface area contributed by atoms with Gasteiger partial charge in [-0.05, 0) is 55.0 Å².